The number of benzene rings is 1. The fraction of sp³-hybridized carbons (Fsp3) is 0.652. The minimum absolute atomic E-state index is 0.0738. The Balaban J connectivity index is 0.00000165. The number of carbonyl (C=O) groups is 2. The molecule has 1 amide bonds. The molecule has 0 atom stereocenters. The third-order valence-corrected chi connectivity index (χ3v) is 3.85. The van der Waals surface area contributed by atoms with Crippen LogP contribution in [0.2, 0.25) is 0 Å². The van der Waals surface area contributed by atoms with Gasteiger partial charge in [0, 0.05) is 6.54 Å². The van der Waals surface area contributed by atoms with Crippen molar-refractivity contribution in [1.29, 1.82) is 0 Å². The van der Waals surface area contributed by atoms with E-state index in [0.29, 0.717) is 5.56 Å². The number of nitrogens with zero attached hydrogens (tertiary/aromatic N) is 1. The maximum atomic E-state index is 13.3. The molecule has 8 heteroatoms. The third-order valence-electron chi connectivity index (χ3n) is 3.85. The Bertz CT molecular complexity index is 699. The zero-order valence-electron chi connectivity index (χ0n) is 20.1. The number of hydrogen-bond donors (Lipinski definition) is 1. The lowest BCUT2D eigenvalue weighted by Crippen LogP contribution is -2.74. The Morgan fingerprint density at radius 1 is 1.10 bits per heavy atom. The summed E-state index contributed by atoms with van der Waals surface area (Å²) >= 11 is 0. The van der Waals surface area contributed by atoms with E-state index in [9.17, 15) is 18.4 Å². The molecule has 2 rings (SSSR count). The minimum Gasteiger partial charge on any atom is -0.465 e. The molecule has 0 saturated carbocycles. The number of esters is 1. The van der Waals surface area contributed by atoms with Gasteiger partial charge in [-0.3, -0.25) is 5.32 Å². The monoisotopic (exact) mass is 444 g/mol. The van der Waals surface area contributed by atoms with E-state index in [4.69, 9.17) is 9.47 Å². The smallest absolute Gasteiger partial charge is 0.410 e. The van der Waals surface area contributed by atoms with Gasteiger partial charge in [0.1, 0.15) is 5.60 Å². The second-order valence-corrected chi connectivity index (χ2v) is 7.95. The molecule has 0 aromatic heterocycles. The maximum absolute atomic E-state index is 13.3. The fourth-order valence-corrected chi connectivity index (χ4v) is 2.56. The summed E-state index contributed by atoms with van der Waals surface area (Å²) in [5, 5.41) is 3.01. The van der Waals surface area contributed by atoms with Crippen molar-refractivity contribution >= 4 is 12.1 Å². The summed E-state index contributed by atoms with van der Waals surface area (Å²) in [7, 11) is 0. The molecule has 1 saturated heterocycles. The quantitative estimate of drug-likeness (QED) is 0.644. The topological polar surface area (TPSA) is 67.9 Å². The van der Waals surface area contributed by atoms with Gasteiger partial charge < -0.3 is 14.4 Å². The molecule has 1 fully saturated rings. The van der Waals surface area contributed by atoms with Crippen LogP contribution in [0, 0.1) is 11.6 Å². The van der Waals surface area contributed by atoms with E-state index in [-0.39, 0.29) is 26.2 Å². The van der Waals surface area contributed by atoms with Crippen LogP contribution in [0.1, 0.15) is 67.4 Å². The highest BCUT2D eigenvalue weighted by Gasteiger charge is 2.53. The molecule has 1 aliphatic heterocycles. The van der Waals surface area contributed by atoms with Crippen molar-refractivity contribution < 1.29 is 27.8 Å². The van der Waals surface area contributed by atoms with Gasteiger partial charge in [0.05, 0.1) is 19.7 Å². The lowest BCUT2D eigenvalue weighted by Gasteiger charge is -2.48. The predicted molar refractivity (Wildman–Crippen MR) is 118 cm³/mol. The highest BCUT2D eigenvalue weighted by Crippen LogP contribution is 2.26. The lowest BCUT2D eigenvalue weighted by molar-refractivity contribution is -0.158. The second kappa shape index (κ2) is 13.2. The zero-order chi connectivity index (χ0) is 24.2. The molecule has 0 bridgehead atoms. The lowest BCUT2D eigenvalue weighted by atomic mass is 9.89. The number of rotatable bonds is 5. The predicted octanol–water partition coefficient (Wildman–Crippen LogP) is 5.05. The maximum Gasteiger partial charge on any atom is 0.410 e. The van der Waals surface area contributed by atoms with Crippen LogP contribution < -0.4 is 5.32 Å². The number of ether oxygens (including phenoxy) is 2. The van der Waals surface area contributed by atoms with Crippen molar-refractivity contribution in [3.8, 4) is 0 Å². The molecular formula is C23H38F2N2O4. The van der Waals surface area contributed by atoms with E-state index in [2.05, 4.69) is 19.2 Å². The first-order valence-corrected chi connectivity index (χ1v) is 10.8. The van der Waals surface area contributed by atoms with Crippen LogP contribution in [0.3, 0.4) is 0 Å². The van der Waals surface area contributed by atoms with E-state index in [0.717, 1.165) is 12.1 Å². The van der Waals surface area contributed by atoms with Gasteiger partial charge in [0.25, 0.3) is 0 Å². The van der Waals surface area contributed by atoms with Gasteiger partial charge in [-0.2, -0.15) is 0 Å². The van der Waals surface area contributed by atoms with Gasteiger partial charge in [-0.05, 0) is 45.4 Å². The summed E-state index contributed by atoms with van der Waals surface area (Å²) in [6.45, 7) is 15.7. The van der Waals surface area contributed by atoms with Crippen LogP contribution in [0.25, 0.3) is 0 Å². The van der Waals surface area contributed by atoms with Crippen molar-refractivity contribution in [3.05, 3.63) is 35.4 Å². The second-order valence-electron chi connectivity index (χ2n) is 7.95. The Hall–Kier alpha value is -2.22. The van der Waals surface area contributed by atoms with Gasteiger partial charge >= 0.3 is 12.1 Å². The molecule has 1 heterocycles. The highest BCUT2D eigenvalue weighted by molar-refractivity contribution is 5.86. The summed E-state index contributed by atoms with van der Waals surface area (Å²) in [5.74, 6) is -2.39. The molecule has 0 radical (unpaired) electrons. The fourth-order valence-electron chi connectivity index (χ4n) is 2.56. The van der Waals surface area contributed by atoms with Crippen LogP contribution in [-0.2, 0) is 20.8 Å². The molecule has 1 aromatic carbocycles. The van der Waals surface area contributed by atoms with E-state index >= 15 is 0 Å². The van der Waals surface area contributed by atoms with Gasteiger partial charge in [-0.25, -0.2) is 18.4 Å². The van der Waals surface area contributed by atoms with Crippen LogP contribution in [-0.4, -0.2) is 47.8 Å². The van der Waals surface area contributed by atoms with E-state index in [1.165, 1.54) is 17.4 Å². The Morgan fingerprint density at radius 2 is 1.65 bits per heavy atom. The Kier molecular flexibility index (Phi) is 12.3. The van der Waals surface area contributed by atoms with E-state index in [1.54, 1.807) is 27.7 Å². The first-order valence-electron chi connectivity index (χ1n) is 10.8. The van der Waals surface area contributed by atoms with E-state index in [1.807, 2.05) is 13.8 Å². The van der Waals surface area contributed by atoms with Crippen LogP contribution >= 0.6 is 0 Å². The number of halogens is 2. The molecular weight excluding hydrogens is 406 g/mol. The standard InChI is InChI=1S/C18H24F2N2O4.C3H8.C2H6/c1-5-25-15(23)18(10-22(11-18)16(24)26-17(2,3)4)21-9-12-6-7-13(19)14(20)8-12;1-3-2;1-2/h6-8,21H,5,9-11H2,1-4H3;3H2,1-2H3;1-2H3. The van der Waals surface area contributed by atoms with Crippen molar-refractivity contribution in [3.63, 3.8) is 0 Å². The van der Waals surface area contributed by atoms with Gasteiger partial charge in [0.15, 0.2) is 17.2 Å². The SMILES string of the molecule is CC.CCC.CCOC(=O)C1(NCc2ccc(F)c(F)c2)CN(C(=O)OC(C)(C)C)C1. The van der Waals surface area contributed by atoms with Crippen LogP contribution in [0.5, 0.6) is 0 Å². The van der Waals surface area contributed by atoms with Gasteiger partial charge in [-0.15, -0.1) is 0 Å². The number of amides is 1. The van der Waals surface area contributed by atoms with Crippen molar-refractivity contribution in [2.24, 2.45) is 0 Å². The summed E-state index contributed by atoms with van der Waals surface area (Å²) in [5.41, 5.74) is -1.26. The number of likely N-dealkylation sites (tertiary alicyclic amines) is 1. The molecule has 0 spiro atoms. The summed E-state index contributed by atoms with van der Waals surface area (Å²) in [6.07, 6.45) is 0.729. The zero-order valence-corrected chi connectivity index (χ0v) is 20.1. The average molecular weight is 445 g/mol. The molecule has 1 aromatic rings. The number of hydrogen-bond acceptors (Lipinski definition) is 5. The van der Waals surface area contributed by atoms with Crippen LogP contribution in [0.15, 0.2) is 18.2 Å². The third kappa shape index (κ3) is 9.21. The normalized spacial score (nSPS) is 14.2. The molecule has 1 aliphatic rings. The summed E-state index contributed by atoms with van der Waals surface area (Å²) < 4.78 is 36.7. The highest BCUT2D eigenvalue weighted by atomic mass is 19.2. The van der Waals surface area contributed by atoms with E-state index < -0.39 is 34.8 Å². The first kappa shape index (κ1) is 28.8. The average Bonchev–Trinajstić information content (AvgIpc) is 2.64. The molecule has 6 nitrogen and oxygen atoms in total. The Morgan fingerprint density at radius 3 is 2.10 bits per heavy atom. The van der Waals surface area contributed by atoms with Crippen LogP contribution in [0.4, 0.5) is 13.6 Å². The molecule has 178 valence electrons. The number of nitrogens with one attached hydrogen (secondary N) is 1. The summed E-state index contributed by atoms with van der Waals surface area (Å²) in [6, 6.07) is 3.51. The molecule has 1 N–H and O–H groups in total. The first-order chi connectivity index (χ1) is 14.5. The number of carbonyl (C=O) groups excluding carboxylic acids is 2. The van der Waals surface area contributed by atoms with Crippen molar-refractivity contribution in [2.75, 3.05) is 19.7 Å². The molecule has 0 aliphatic carbocycles. The summed E-state index contributed by atoms with van der Waals surface area (Å²) in [4.78, 5) is 25.8. The Labute approximate surface area is 185 Å². The largest absolute Gasteiger partial charge is 0.465 e. The van der Waals surface area contributed by atoms with Gasteiger partial charge in [-0.1, -0.05) is 40.2 Å². The minimum atomic E-state index is -1.10. The van der Waals surface area contributed by atoms with Crippen molar-refractivity contribution in [2.45, 2.75) is 79.5 Å². The van der Waals surface area contributed by atoms with Gasteiger partial charge in [0.2, 0.25) is 0 Å². The van der Waals surface area contributed by atoms with Crippen molar-refractivity contribution in [1.82, 2.24) is 10.2 Å². The molecule has 0 unspecified atom stereocenters. The molecule has 31 heavy (non-hydrogen) atoms.